The van der Waals surface area contributed by atoms with Gasteiger partial charge in [0.25, 0.3) is 0 Å². The molecule has 1 aromatic rings. The van der Waals surface area contributed by atoms with Crippen LogP contribution in [0.5, 0.6) is 0 Å². The summed E-state index contributed by atoms with van der Waals surface area (Å²) in [5.74, 6) is 0. The molecule has 0 unspecified atom stereocenters. The third kappa shape index (κ3) is 1.40. The summed E-state index contributed by atoms with van der Waals surface area (Å²) < 4.78 is 2.44. The van der Waals surface area contributed by atoms with Crippen LogP contribution in [-0.4, -0.2) is 41.4 Å². The Morgan fingerprint density at radius 2 is 2.06 bits per heavy atom. The highest BCUT2D eigenvalue weighted by Gasteiger charge is 2.45. The summed E-state index contributed by atoms with van der Waals surface area (Å²) in [5.41, 5.74) is 1.68. The van der Waals surface area contributed by atoms with Gasteiger partial charge in [0.2, 0.25) is 0 Å². The van der Waals surface area contributed by atoms with Gasteiger partial charge in [-0.2, -0.15) is 0 Å². The highest BCUT2D eigenvalue weighted by Crippen LogP contribution is 2.51. The van der Waals surface area contributed by atoms with Crippen molar-refractivity contribution in [2.75, 3.05) is 27.2 Å². The number of hydrogen-bond acceptors (Lipinski definition) is 4. The lowest BCUT2D eigenvalue weighted by molar-refractivity contribution is 0.114. The number of likely N-dealkylation sites (tertiary alicyclic amines) is 1. The van der Waals surface area contributed by atoms with Crippen LogP contribution in [0.1, 0.15) is 18.4 Å². The third-order valence-corrected chi connectivity index (χ3v) is 5.11. The Morgan fingerprint density at radius 3 is 2.81 bits per heavy atom. The van der Waals surface area contributed by atoms with E-state index >= 15 is 0 Å². The molecule has 3 heterocycles. The zero-order valence-electron chi connectivity index (χ0n) is 9.81. The SMILES string of the molecule is CN1CCC2(CC1)c1cnccc1SN2C. The number of fused-ring (bicyclic) bond motifs is 2. The van der Waals surface area contributed by atoms with Crippen LogP contribution in [-0.2, 0) is 5.54 Å². The number of rotatable bonds is 0. The van der Waals surface area contributed by atoms with E-state index in [-0.39, 0.29) is 5.54 Å². The number of piperidine rings is 1. The zero-order valence-corrected chi connectivity index (χ0v) is 10.6. The standard InChI is InChI=1S/C12H17N3S/c1-14-7-4-12(5-8-14)10-9-13-6-3-11(10)16-15(12)2/h3,6,9H,4-5,7-8H2,1-2H3. The van der Waals surface area contributed by atoms with Crippen LogP contribution in [0.2, 0.25) is 0 Å². The van der Waals surface area contributed by atoms with Crippen molar-refractivity contribution in [3.63, 3.8) is 0 Å². The second-order valence-corrected chi connectivity index (χ2v) is 5.97. The monoisotopic (exact) mass is 235 g/mol. The molecule has 2 aliphatic rings. The Kier molecular flexibility index (Phi) is 2.46. The highest BCUT2D eigenvalue weighted by molar-refractivity contribution is 7.97. The second-order valence-electron chi connectivity index (χ2n) is 4.80. The zero-order chi connectivity index (χ0) is 11.2. The van der Waals surface area contributed by atoms with Crippen LogP contribution in [0.3, 0.4) is 0 Å². The van der Waals surface area contributed by atoms with Gasteiger partial charge in [-0.15, -0.1) is 0 Å². The van der Waals surface area contributed by atoms with E-state index in [4.69, 9.17) is 0 Å². The molecule has 0 aliphatic carbocycles. The molecule has 1 spiro atoms. The molecule has 86 valence electrons. The van der Waals surface area contributed by atoms with Gasteiger partial charge in [0.05, 0.1) is 5.54 Å². The van der Waals surface area contributed by atoms with E-state index in [1.165, 1.54) is 36.4 Å². The largest absolute Gasteiger partial charge is 0.306 e. The molecule has 0 bridgehead atoms. The summed E-state index contributed by atoms with van der Waals surface area (Å²) in [6.07, 6.45) is 6.39. The van der Waals surface area contributed by atoms with Gasteiger partial charge < -0.3 is 4.90 Å². The van der Waals surface area contributed by atoms with Crippen molar-refractivity contribution in [3.8, 4) is 0 Å². The molecular formula is C12H17N3S. The molecule has 0 saturated carbocycles. The molecule has 4 heteroatoms. The minimum Gasteiger partial charge on any atom is -0.306 e. The maximum absolute atomic E-state index is 4.31. The Hall–Kier alpha value is -0.580. The van der Waals surface area contributed by atoms with Gasteiger partial charge in [-0.3, -0.25) is 4.98 Å². The normalized spacial score (nSPS) is 24.9. The topological polar surface area (TPSA) is 19.4 Å². The van der Waals surface area contributed by atoms with Crippen molar-refractivity contribution in [1.29, 1.82) is 0 Å². The van der Waals surface area contributed by atoms with Crippen LogP contribution in [0, 0.1) is 0 Å². The average Bonchev–Trinajstić information content (AvgIpc) is 2.57. The lowest BCUT2D eigenvalue weighted by atomic mass is 9.82. The van der Waals surface area contributed by atoms with Crippen molar-refractivity contribution in [3.05, 3.63) is 24.0 Å². The van der Waals surface area contributed by atoms with E-state index in [2.05, 4.69) is 40.5 Å². The molecule has 1 saturated heterocycles. The van der Waals surface area contributed by atoms with E-state index in [1.807, 2.05) is 18.1 Å². The second kappa shape index (κ2) is 3.72. The van der Waals surface area contributed by atoms with Crippen LogP contribution >= 0.6 is 11.9 Å². The summed E-state index contributed by atoms with van der Waals surface area (Å²) in [6.45, 7) is 2.36. The Bertz CT molecular complexity index is 399. The smallest absolute Gasteiger partial charge is 0.0613 e. The molecule has 1 fully saturated rings. The predicted octanol–water partition coefficient (Wildman–Crippen LogP) is 1.95. The van der Waals surface area contributed by atoms with Gasteiger partial charge in [-0.05, 0) is 58.0 Å². The van der Waals surface area contributed by atoms with Crippen molar-refractivity contribution in [2.45, 2.75) is 23.3 Å². The molecule has 0 amide bonds. The third-order valence-electron chi connectivity index (χ3n) is 3.93. The summed E-state index contributed by atoms with van der Waals surface area (Å²) in [6, 6.07) is 2.14. The molecule has 0 aromatic carbocycles. The number of nitrogens with zero attached hydrogens (tertiary/aromatic N) is 3. The first-order valence-electron chi connectivity index (χ1n) is 5.77. The number of hydrogen-bond donors (Lipinski definition) is 0. The maximum Gasteiger partial charge on any atom is 0.0613 e. The van der Waals surface area contributed by atoms with Crippen molar-refractivity contribution < 1.29 is 0 Å². The Morgan fingerprint density at radius 1 is 1.31 bits per heavy atom. The predicted molar refractivity (Wildman–Crippen MR) is 66.3 cm³/mol. The summed E-state index contributed by atoms with van der Waals surface area (Å²) in [5, 5.41) is 0. The molecule has 2 aliphatic heterocycles. The van der Waals surface area contributed by atoms with Crippen LogP contribution in [0.4, 0.5) is 0 Å². The van der Waals surface area contributed by atoms with Crippen LogP contribution < -0.4 is 0 Å². The highest BCUT2D eigenvalue weighted by atomic mass is 32.2. The first kappa shape index (κ1) is 10.6. The quantitative estimate of drug-likeness (QED) is 0.640. The van der Waals surface area contributed by atoms with E-state index in [1.54, 1.807) is 0 Å². The minimum atomic E-state index is 0.237. The van der Waals surface area contributed by atoms with Gasteiger partial charge in [-0.1, -0.05) is 0 Å². The Balaban J connectivity index is 2.01. The lowest BCUT2D eigenvalue weighted by Gasteiger charge is -2.42. The van der Waals surface area contributed by atoms with E-state index in [9.17, 15) is 0 Å². The molecule has 16 heavy (non-hydrogen) atoms. The molecule has 3 rings (SSSR count). The van der Waals surface area contributed by atoms with E-state index in [0.717, 1.165) is 0 Å². The lowest BCUT2D eigenvalue weighted by Crippen LogP contribution is -2.46. The average molecular weight is 235 g/mol. The van der Waals surface area contributed by atoms with Crippen LogP contribution in [0.25, 0.3) is 0 Å². The summed E-state index contributed by atoms with van der Waals surface area (Å²) in [4.78, 5) is 8.11. The molecular weight excluding hydrogens is 218 g/mol. The van der Waals surface area contributed by atoms with Crippen LogP contribution in [0.15, 0.2) is 23.4 Å². The molecule has 0 radical (unpaired) electrons. The van der Waals surface area contributed by atoms with Gasteiger partial charge in [-0.25, -0.2) is 4.31 Å². The fraction of sp³-hybridized carbons (Fsp3) is 0.583. The molecule has 1 aromatic heterocycles. The number of pyridine rings is 1. The Labute approximate surface area is 101 Å². The van der Waals surface area contributed by atoms with Gasteiger partial charge in [0.15, 0.2) is 0 Å². The van der Waals surface area contributed by atoms with Crippen molar-refractivity contribution in [2.24, 2.45) is 0 Å². The van der Waals surface area contributed by atoms with Gasteiger partial charge >= 0.3 is 0 Å². The fourth-order valence-electron chi connectivity index (χ4n) is 2.79. The first-order chi connectivity index (χ1) is 7.72. The van der Waals surface area contributed by atoms with E-state index < -0.39 is 0 Å². The van der Waals surface area contributed by atoms with Crippen molar-refractivity contribution >= 4 is 11.9 Å². The fourth-order valence-corrected chi connectivity index (χ4v) is 4.00. The van der Waals surface area contributed by atoms with Crippen molar-refractivity contribution in [1.82, 2.24) is 14.2 Å². The van der Waals surface area contributed by atoms with Gasteiger partial charge in [0.1, 0.15) is 0 Å². The van der Waals surface area contributed by atoms with E-state index in [0.29, 0.717) is 0 Å². The minimum absolute atomic E-state index is 0.237. The summed E-state index contributed by atoms with van der Waals surface area (Å²) in [7, 11) is 4.43. The molecule has 3 nitrogen and oxygen atoms in total. The number of aromatic nitrogens is 1. The van der Waals surface area contributed by atoms with Gasteiger partial charge in [0, 0.05) is 22.9 Å². The summed E-state index contributed by atoms with van der Waals surface area (Å²) >= 11 is 1.87. The maximum atomic E-state index is 4.31. The first-order valence-corrected chi connectivity index (χ1v) is 6.54. The molecule has 0 atom stereocenters. The molecule has 0 N–H and O–H groups in total.